The molecule has 1 fully saturated rings. The fourth-order valence-electron chi connectivity index (χ4n) is 1.77. The molecule has 1 aliphatic rings. The predicted octanol–water partition coefficient (Wildman–Crippen LogP) is -0.825. The molecule has 0 aromatic carbocycles. The first-order valence-electron chi connectivity index (χ1n) is 5.50. The van der Waals surface area contributed by atoms with Crippen LogP contribution in [0.25, 0.3) is 0 Å². The minimum absolute atomic E-state index is 0.101. The molecule has 1 amide bonds. The van der Waals surface area contributed by atoms with E-state index in [1.807, 2.05) is 0 Å². The van der Waals surface area contributed by atoms with Crippen LogP contribution >= 0.6 is 0 Å². The highest BCUT2D eigenvalue weighted by Gasteiger charge is 2.24. The van der Waals surface area contributed by atoms with E-state index in [0.717, 1.165) is 0 Å². The Balaban J connectivity index is 2.09. The maximum atomic E-state index is 12.1. The summed E-state index contributed by atoms with van der Waals surface area (Å²) in [5.41, 5.74) is 5.77. The number of nitrogens with two attached hydrogens (primary N) is 1. The van der Waals surface area contributed by atoms with Gasteiger partial charge in [0.1, 0.15) is 0 Å². The number of carbonyl (C=O) groups is 1. The van der Waals surface area contributed by atoms with Gasteiger partial charge in [-0.3, -0.25) is 9.59 Å². The van der Waals surface area contributed by atoms with Gasteiger partial charge >= 0.3 is 0 Å². The molecule has 92 valence electrons. The molecule has 2 rings (SSSR count). The van der Waals surface area contributed by atoms with Gasteiger partial charge in [-0.15, -0.1) is 0 Å². The van der Waals surface area contributed by atoms with Gasteiger partial charge in [-0.2, -0.15) is 0 Å². The predicted molar refractivity (Wildman–Crippen MR) is 61.8 cm³/mol. The van der Waals surface area contributed by atoms with E-state index in [1.54, 1.807) is 4.90 Å². The smallest absolute Gasteiger partial charge is 0.255 e. The third-order valence-electron chi connectivity index (χ3n) is 2.72. The molecule has 6 nitrogen and oxygen atoms in total. The molecule has 0 radical (unpaired) electrons. The Morgan fingerprint density at radius 2 is 2.41 bits per heavy atom. The number of pyridine rings is 1. The van der Waals surface area contributed by atoms with E-state index in [9.17, 15) is 9.59 Å². The summed E-state index contributed by atoms with van der Waals surface area (Å²) < 4.78 is 5.39. The van der Waals surface area contributed by atoms with Gasteiger partial charge in [0.25, 0.3) is 5.91 Å². The second-order valence-electron chi connectivity index (χ2n) is 3.92. The minimum Gasteiger partial charge on any atom is -0.373 e. The van der Waals surface area contributed by atoms with Gasteiger partial charge in [0.05, 0.1) is 18.3 Å². The zero-order valence-electron chi connectivity index (χ0n) is 9.39. The van der Waals surface area contributed by atoms with Gasteiger partial charge in [0, 0.05) is 31.9 Å². The van der Waals surface area contributed by atoms with E-state index < -0.39 is 0 Å². The zero-order valence-corrected chi connectivity index (χ0v) is 9.39. The maximum Gasteiger partial charge on any atom is 0.255 e. The molecule has 1 atom stereocenters. The van der Waals surface area contributed by atoms with Crippen LogP contribution in [0.3, 0.4) is 0 Å². The van der Waals surface area contributed by atoms with E-state index in [2.05, 4.69) is 4.98 Å². The van der Waals surface area contributed by atoms with E-state index in [0.29, 0.717) is 31.8 Å². The molecule has 1 aromatic heterocycles. The Bertz CT molecular complexity index is 437. The van der Waals surface area contributed by atoms with Gasteiger partial charge in [0.15, 0.2) is 0 Å². The molecule has 3 N–H and O–H groups in total. The lowest BCUT2D eigenvalue weighted by Gasteiger charge is -2.32. The molecule has 1 unspecified atom stereocenters. The molecule has 1 aromatic rings. The first-order valence-corrected chi connectivity index (χ1v) is 5.50. The average molecular weight is 237 g/mol. The Labute approximate surface area is 98.4 Å². The second kappa shape index (κ2) is 5.11. The summed E-state index contributed by atoms with van der Waals surface area (Å²) in [6, 6.07) is 2.86. The van der Waals surface area contributed by atoms with Crippen LogP contribution in [0.5, 0.6) is 0 Å². The number of rotatable bonds is 2. The Morgan fingerprint density at radius 1 is 1.59 bits per heavy atom. The molecular formula is C11H15N3O3. The van der Waals surface area contributed by atoms with Crippen LogP contribution in [0.2, 0.25) is 0 Å². The number of amides is 1. The molecule has 17 heavy (non-hydrogen) atoms. The van der Waals surface area contributed by atoms with Gasteiger partial charge in [-0.25, -0.2) is 0 Å². The van der Waals surface area contributed by atoms with E-state index >= 15 is 0 Å². The number of hydrogen-bond donors (Lipinski definition) is 2. The van der Waals surface area contributed by atoms with Gasteiger partial charge < -0.3 is 20.4 Å². The van der Waals surface area contributed by atoms with Gasteiger partial charge in [-0.1, -0.05) is 0 Å². The number of aromatic nitrogens is 1. The highest BCUT2D eigenvalue weighted by Crippen LogP contribution is 2.08. The molecule has 0 aliphatic carbocycles. The summed E-state index contributed by atoms with van der Waals surface area (Å²) >= 11 is 0. The number of morpholine rings is 1. The van der Waals surface area contributed by atoms with Crippen LogP contribution in [0.15, 0.2) is 23.1 Å². The normalized spacial score (nSPS) is 20.3. The van der Waals surface area contributed by atoms with Crippen molar-refractivity contribution < 1.29 is 9.53 Å². The first kappa shape index (κ1) is 11.8. The molecule has 0 saturated carbocycles. The number of hydrogen-bond acceptors (Lipinski definition) is 4. The van der Waals surface area contributed by atoms with Crippen molar-refractivity contribution in [3.63, 3.8) is 0 Å². The lowest BCUT2D eigenvalue weighted by molar-refractivity contribution is -0.0167. The van der Waals surface area contributed by atoms with Crippen LogP contribution in [0.4, 0.5) is 0 Å². The molecule has 6 heteroatoms. The Kier molecular flexibility index (Phi) is 3.55. The summed E-state index contributed by atoms with van der Waals surface area (Å²) in [5, 5.41) is 0. The monoisotopic (exact) mass is 237 g/mol. The molecule has 0 spiro atoms. The number of nitrogens with one attached hydrogen (secondary N) is 1. The van der Waals surface area contributed by atoms with E-state index in [4.69, 9.17) is 10.5 Å². The maximum absolute atomic E-state index is 12.1. The van der Waals surface area contributed by atoms with Crippen molar-refractivity contribution >= 4 is 5.91 Å². The van der Waals surface area contributed by atoms with E-state index in [-0.39, 0.29) is 17.6 Å². The van der Waals surface area contributed by atoms with E-state index in [1.165, 1.54) is 18.3 Å². The lowest BCUT2D eigenvalue weighted by Crippen LogP contribution is -2.48. The summed E-state index contributed by atoms with van der Waals surface area (Å²) in [5.74, 6) is -0.108. The quantitative estimate of drug-likeness (QED) is 0.703. The van der Waals surface area contributed by atoms with Crippen molar-refractivity contribution in [1.82, 2.24) is 9.88 Å². The zero-order chi connectivity index (χ0) is 12.3. The van der Waals surface area contributed by atoms with Crippen LogP contribution in [-0.2, 0) is 4.74 Å². The topological polar surface area (TPSA) is 88.4 Å². The number of aromatic amines is 1. The number of carbonyl (C=O) groups excluding carboxylic acids is 1. The van der Waals surface area contributed by atoms with Gasteiger partial charge in [0.2, 0.25) is 5.56 Å². The third kappa shape index (κ3) is 2.72. The standard InChI is InChI=1S/C11H15N3O3/c12-5-9-7-14(3-4-17-9)11(16)8-1-2-10(15)13-6-8/h1-2,6,9H,3-5,7,12H2,(H,13,15). The molecule has 2 heterocycles. The highest BCUT2D eigenvalue weighted by molar-refractivity contribution is 5.93. The van der Waals surface area contributed by atoms with Crippen molar-refractivity contribution in [2.75, 3.05) is 26.2 Å². The summed E-state index contributed by atoms with van der Waals surface area (Å²) in [6.45, 7) is 1.94. The molecular weight excluding hydrogens is 222 g/mol. The first-order chi connectivity index (χ1) is 8.20. The number of H-pyrrole nitrogens is 1. The molecule has 0 bridgehead atoms. The van der Waals surface area contributed by atoms with Gasteiger partial charge in [-0.05, 0) is 6.07 Å². The fraction of sp³-hybridized carbons (Fsp3) is 0.455. The van der Waals surface area contributed by atoms with Crippen LogP contribution in [0.1, 0.15) is 10.4 Å². The van der Waals surface area contributed by atoms with Crippen molar-refractivity contribution in [2.24, 2.45) is 5.73 Å². The van der Waals surface area contributed by atoms with Crippen molar-refractivity contribution in [2.45, 2.75) is 6.10 Å². The van der Waals surface area contributed by atoms with Crippen molar-refractivity contribution in [3.8, 4) is 0 Å². The fourth-order valence-corrected chi connectivity index (χ4v) is 1.77. The van der Waals surface area contributed by atoms with Crippen LogP contribution in [-0.4, -0.2) is 48.1 Å². The lowest BCUT2D eigenvalue weighted by atomic mass is 10.2. The second-order valence-corrected chi connectivity index (χ2v) is 3.92. The van der Waals surface area contributed by atoms with Crippen molar-refractivity contribution in [1.29, 1.82) is 0 Å². The van der Waals surface area contributed by atoms with Crippen molar-refractivity contribution in [3.05, 3.63) is 34.2 Å². The van der Waals surface area contributed by atoms with Crippen LogP contribution < -0.4 is 11.3 Å². The summed E-state index contributed by atoms with van der Waals surface area (Å²) in [7, 11) is 0. The largest absolute Gasteiger partial charge is 0.373 e. The minimum atomic E-state index is -0.219. The Hall–Kier alpha value is -1.66. The summed E-state index contributed by atoms with van der Waals surface area (Å²) in [6.07, 6.45) is 1.33. The molecule has 1 aliphatic heterocycles. The third-order valence-corrected chi connectivity index (χ3v) is 2.72. The summed E-state index contributed by atoms with van der Waals surface area (Å²) in [4.78, 5) is 27.2. The van der Waals surface area contributed by atoms with Crippen LogP contribution in [0, 0.1) is 0 Å². The average Bonchev–Trinajstić information content (AvgIpc) is 2.39. The highest BCUT2D eigenvalue weighted by atomic mass is 16.5. The number of nitrogens with zero attached hydrogens (tertiary/aromatic N) is 1. The SMILES string of the molecule is NCC1CN(C(=O)c2ccc(=O)[nH]c2)CCO1. The Morgan fingerprint density at radius 3 is 3.06 bits per heavy atom. The number of ether oxygens (including phenoxy) is 1. The molecule has 1 saturated heterocycles.